The van der Waals surface area contributed by atoms with Gasteiger partial charge in [-0.1, -0.05) is 0 Å². The Kier molecular flexibility index (Phi) is 4.78. The molecule has 0 atom stereocenters. The first-order chi connectivity index (χ1) is 11.4. The largest absolute Gasteiger partial charge is 0.335 e. The Bertz CT molecular complexity index is 757. The van der Waals surface area contributed by atoms with E-state index in [0.717, 1.165) is 42.9 Å². The van der Waals surface area contributed by atoms with Crippen LogP contribution in [0, 0.1) is 13.8 Å². The minimum Gasteiger partial charge on any atom is -0.335 e. The topological polar surface area (TPSA) is 59.2 Å². The molecule has 0 N–H and O–H groups in total. The molecule has 1 aliphatic heterocycles. The molecular weight excluding hydrogens is 372 g/mol. The number of aryl methyl sites for hydroxylation is 3. The fourth-order valence-electron chi connectivity index (χ4n) is 3.13. The molecule has 0 radical (unpaired) electrons. The Morgan fingerprint density at radius 2 is 1.83 bits per heavy atom. The van der Waals surface area contributed by atoms with Crippen LogP contribution in [0.25, 0.3) is 0 Å². The molecule has 0 bridgehead atoms. The van der Waals surface area contributed by atoms with Crippen LogP contribution >= 0.6 is 15.9 Å². The van der Waals surface area contributed by atoms with Gasteiger partial charge < -0.3 is 4.90 Å². The van der Waals surface area contributed by atoms with Crippen molar-refractivity contribution in [3.8, 4) is 0 Å². The number of carbonyl (C=O) groups excluding carboxylic acids is 1. The highest BCUT2D eigenvalue weighted by molar-refractivity contribution is 9.10. The number of amides is 1. The van der Waals surface area contributed by atoms with Crippen molar-refractivity contribution in [2.24, 2.45) is 14.1 Å². The molecular formula is C16H23BrN6O. The minimum absolute atomic E-state index is 0.00383. The lowest BCUT2D eigenvalue weighted by Gasteiger charge is -2.34. The van der Waals surface area contributed by atoms with E-state index in [-0.39, 0.29) is 5.91 Å². The SMILES string of the molecule is Cc1nn(C)c(C)c1CN1CCN(C(=O)c2nn(C)cc2Br)CC1. The number of hydrogen-bond acceptors (Lipinski definition) is 4. The summed E-state index contributed by atoms with van der Waals surface area (Å²) in [5.74, 6) is -0.00383. The van der Waals surface area contributed by atoms with E-state index < -0.39 is 0 Å². The number of carbonyl (C=O) groups is 1. The van der Waals surface area contributed by atoms with Gasteiger partial charge in [0.1, 0.15) is 0 Å². The molecule has 3 heterocycles. The number of halogens is 1. The first kappa shape index (κ1) is 17.2. The van der Waals surface area contributed by atoms with Gasteiger partial charge in [0.25, 0.3) is 5.91 Å². The van der Waals surface area contributed by atoms with Crippen LogP contribution in [0.1, 0.15) is 27.4 Å². The van der Waals surface area contributed by atoms with E-state index in [1.807, 2.05) is 23.7 Å². The molecule has 1 saturated heterocycles. The first-order valence-electron chi connectivity index (χ1n) is 8.06. The Balaban J connectivity index is 1.61. The highest BCUT2D eigenvalue weighted by Gasteiger charge is 2.26. The van der Waals surface area contributed by atoms with E-state index in [0.29, 0.717) is 5.69 Å². The zero-order valence-electron chi connectivity index (χ0n) is 14.6. The lowest BCUT2D eigenvalue weighted by atomic mass is 10.1. The van der Waals surface area contributed by atoms with Crippen molar-refractivity contribution in [1.29, 1.82) is 0 Å². The molecule has 0 saturated carbocycles. The summed E-state index contributed by atoms with van der Waals surface area (Å²) < 4.78 is 4.34. The average Bonchev–Trinajstić information content (AvgIpc) is 3.00. The highest BCUT2D eigenvalue weighted by Crippen LogP contribution is 2.19. The molecule has 8 heteroatoms. The standard InChI is InChI=1S/C16H23BrN6O/c1-11-13(12(2)21(4)18-11)9-22-5-7-23(8-6-22)16(24)15-14(17)10-20(3)19-15/h10H,5-9H2,1-4H3. The monoisotopic (exact) mass is 394 g/mol. The minimum atomic E-state index is -0.00383. The quantitative estimate of drug-likeness (QED) is 0.790. The predicted molar refractivity (Wildman–Crippen MR) is 94.8 cm³/mol. The fraction of sp³-hybridized carbons (Fsp3) is 0.562. The van der Waals surface area contributed by atoms with Crippen LogP contribution in [0.2, 0.25) is 0 Å². The number of aromatic nitrogens is 4. The van der Waals surface area contributed by atoms with Gasteiger partial charge in [0, 0.05) is 64.3 Å². The van der Waals surface area contributed by atoms with E-state index in [1.54, 1.807) is 10.9 Å². The summed E-state index contributed by atoms with van der Waals surface area (Å²) in [5.41, 5.74) is 4.09. The predicted octanol–water partition coefficient (Wildman–Crippen LogP) is 1.49. The molecule has 24 heavy (non-hydrogen) atoms. The van der Waals surface area contributed by atoms with Crippen molar-refractivity contribution >= 4 is 21.8 Å². The van der Waals surface area contributed by atoms with Crippen LogP contribution in [0.3, 0.4) is 0 Å². The molecule has 1 fully saturated rings. The van der Waals surface area contributed by atoms with Gasteiger partial charge in [-0.2, -0.15) is 10.2 Å². The van der Waals surface area contributed by atoms with Gasteiger partial charge >= 0.3 is 0 Å². The summed E-state index contributed by atoms with van der Waals surface area (Å²) in [6.45, 7) is 8.23. The number of piperazine rings is 1. The Hall–Kier alpha value is -1.67. The van der Waals surface area contributed by atoms with E-state index in [4.69, 9.17) is 0 Å². The molecule has 1 aliphatic rings. The highest BCUT2D eigenvalue weighted by atomic mass is 79.9. The zero-order chi connectivity index (χ0) is 17.4. The molecule has 2 aromatic rings. The smallest absolute Gasteiger partial charge is 0.275 e. The number of rotatable bonds is 3. The van der Waals surface area contributed by atoms with Crippen molar-refractivity contribution in [2.45, 2.75) is 20.4 Å². The van der Waals surface area contributed by atoms with Gasteiger partial charge in [-0.15, -0.1) is 0 Å². The maximum Gasteiger partial charge on any atom is 0.275 e. The zero-order valence-corrected chi connectivity index (χ0v) is 16.2. The molecule has 0 unspecified atom stereocenters. The van der Waals surface area contributed by atoms with Crippen molar-refractivity contribution in [3.05, 3.63) is 33.3 Å². The summed E-state index contributed by atoms with van der Waals surface area (Å²) in [5, 5.41) is 8.73. The van der Waals surface area contributed by atoms with Crippen molar-refractivity contribution in [1.82, 2.24) is 29.4 Å². The van der Waals surface area contributed by atoms with Crippen LogP contribution < -0.4 is 0 Å². The fourth-order valence-corrected chi connectivity index (χ4v) is 3.68. The second-order valence-electron chi connectivity index (χ2n) is 6.34. The number of nitrogens with zero attached hydrogens (tertiary/aromatic N) is 6. The summed E-state index contributed by atoms with van der Waals surface area (Å²) in [6, 6.07) is 0. The lowest BCUT2D eigenvalue weighted by molar-refractivity contribution is 0.0620. The van der Waals surface area contributed by atoms with Gasteiger partial charge in [-0.05, 0) is 29.8 Å². The first-order valence-corrected chi connectivity index (χ1v) is 8.86. The summed E-state index contributed by atoms with van der Waals surface area (Å²) in [6.07, 6.45) is 1.80. The average molecular weight is 395 g/mol. The van der Waals surface area contributed by atoms with Crippen LogP contribution in [0.4, 0.5) is 0 Å². The maximum atomic E-state index is 12.6. The second-order valence-corrected chi connectivity index (χ2v) is 7.19. The maximum absolute atomic E-state index is 12.6. The van der Waals surface area contributed by atoms with Gasteiger partial charge in [-0.25, -0.2) is 0 Å². The van der Waals surface area contributed by atoms with E-state index in [1.165, 1.54) is 11.3 Å². The molecule has 3 rings (SSSR count). The third-order valence-electron chi connectivity index (χ3n) is 4.69. The Morgan fingerprint density at radius 1 is 1.17 bits per heavy atom. The van der Waals surface area contributed by atoms with Crippen molar-refractivity contribution in [3.63, 3.8) is 0 Å². The van der Waals surface area contributed by atoms with Crippen LogP contribution in [0.15, 0.2) is 10.7 Å². The van der Waals surface area contributed by atoms with Gasteiger partial charge in [0.2, 0.25) is 0 Å². The lowest BCUT2D eigenvalue weighted by Crippen LogP contribution is -2.48. The van der Waals surface area contributed by atoms with E-state index >= 15 is 0 Å². The molecule has 1 amide bonds. The summed E-state index contributed by atoms with van der Waals surface area (Å²) in [4.78, 5) is 16.9. The van der Waals surface area contributed by atoms with Gasteiger partial charge in [0.05, 0.1) is 10.2 Å². The summed E-state index contributed by atoms with van der Waals surface area (Å²) >= 11 is 3.41. The van der Waals surface area contributed by atoms with Gasteiger partial charge in [0.15, 0.2) is 5.69 Å². The van der Waals surface area contributed by atoms with E-state index in [9.17, 15) is 4.79 Å². The second kappa shape index (κ2) is 6.68. The third-order valence-corrected chi connectivity index (χ3v) is 5.27. The molecule has 2 aromatic heterocycles. The van der Waals surface area contributed by atoms with Gasteiger partial charge in [-0.3, -0.25) is 19.1 Å². The molecule has 130 valence electrons. The normalized spacial score (nSPS) is 16.0. The van der Waals surface area contributed by atoms with E-state index in [2.05, 4.69) is 44.9 Å². The third kappa shape index (κ3) is 3.25. The van der Waals surface area contributed by atoms with Crippen molar-refractivity contribution in [2.75, 3.05) is 26.2 Å². The van der Waals surface area contributed by atoms with Crippen LogP contribution in [0.5, 0.6) is 0 Å². The number of hydrogen-bond donors (Lipinski definition) is 0. The summed E-state index contributed by atoms with van der Waals surface area (Å²) in [7, 11) is 3.80. The van der Waals surface area contributed by atoms with Crippen molar-refractivity contribution < 1.29 is 4.79 Å². The van der Waals surface area contributed by atoms with Crippen LogP contribution in [-0.2, 0) is 20.6 Å². The molecule has 7 nitrogen and oxygen atoms in total. The molecule has 0 spiro atoms. The Morgan fingerprint density at radius 3 is 2.33 bits per heavy atom. The molecule has 0 aliphatic carbocycles. The Labute approximate surface area is 150 Å². The molecule has 0 aromatic carbocycles. The van der Waals surface area contributed by atoms with Crippen LogP contribution in [-0.4, -0.2) is 61.4 Å².